The minimum atomic E-state index is -1.73. The van der Waals surface area contributed by atoms with Gasteiger partial charge in [-0.15, -0.1) is 0 Å². The van der Waals surface area contributed by atoms with Gasteiger partial charge in [0, 0.05) is 0 Å². The molecule has 0 aliphatic carbocycles. The van der Waals surface area contributed by atoms with Crippen molar-refractivity contribution in [2.45, 2.75) is 24.2 Å². The van der Waals surface area contributed by atoms with Gasteiger partial charge in [0.05, 0.1) is 26.3 Å². The van der Waals surface area contributed by atoms with Crippen molar-refractivity contribution in [3.63, 3.8) is 0 Å². The van der Waals surface area contributed by atoms with Crippen LogP contribution in [0.15, 0.2) is 29.4 Å². The lowest BCUT2D eigenvalue weighted by Gasteiger charge is -2.19. The van der Waals surface area contributed by atoms with Crippen molar-refractivity contribution < 1.29 is 19.4 Å². The summed E-state index contributed by atoms with van der Waals surface area (Å²) in [6.45, 7) is 1.72. The number of hydrogen-bond donors (Lipinski definition) is 1. The molecule has 25 heavy (non-hydrogen) atoms. The summed E-state index contributed by atoms with van der Waals surface area (Å²) in [5.74, 6) is 0.869. The molecule has 1 N–H and O–H groups in total. The zero-order valence-corrected chi connectivity index (χ0v) is 15.3. The Morgan fingerprint density at radius 3 is 2.44 bits per heavy atom. The molecule has 0 spiro atoms. The van der Waals surface area contributed by atoms with Gasteiger partial charge in [-0.25, -0.2) is 4.98 Å². The zero-order chi connectivity index (χ0) is 18.2. The summed E-state index contributed by atoms with van der Waals surface area (Å²) in [7, 11) is 3.05. The van der Waals surface area contributed by atoms with E-state index in [9.17, 15) is 9.90 Å². The largest absolute Gasteiger partial charge is 0.497 e. The molecule has 3 rings (SSSR count). The molecule has 0 saturated carbocycles. The molecule has 1 aliphatic heterocycles. The van der Waals surface area contributed by atoms with Crippen molar-refractivity contribution in [3.8, 4) is 11.6 Å². The number of aromatic nitrogens is 2. The molecule has 0 saturated heterocycles. The zero-order valence-electron chi connectivity index (χ0n) is 14.4. The average Bonchev–Trinajstić information content (AvgIpc) is 2.82. The van der Waals surface area contributed by atoms with Crippen LogP contribution in [0.4, 0.5) is 5.82 Å². The summed E-state index contributed by atoms with van der Waals surface area (Å²) in [4.78, 5) is 22.9. The first-order chi connectivity index (χ1) is 11.9. The number of aliphatic hydroxyl groups is 1. The van der Waals surface area contributed by atoms with E-state index < -0.39 is 11.5 Å². The highest BCUT2D eigenvalue weighted by Gasteiger charge is 2.50. The number of thioether (sulfide) groups is 1. The quantitative estimate of drug-likeness (QED) is 0.644. The smallest absolute Gasteiger partial charge is 0.265 e. The van der Waals surface area contributed by atoms with Crippen molar-refractivity contribution in [1.82, 2.24) is 9.97 Å². The van der Waals surface area contributed by atoms with Gasteiger partial charge in [-0.05, 0) is 30.9 Å². The van der Waals surface area contributed by atoms with Crippen LogP contribution in [0, 0.1) is 0 Å². The van der Waals surface area contributed by atoms with Crippen molar-refractivity contribution in [1.29, 1.82) is 0 Å². The molecule has 8 heteroatoms. The molecule has 1 aliphatic rings. The van der Waals surface area contributed by atoms with Crippen LogP contribution in [0.3, 0.4) is 0 Å². The molecule has 7 nitrogen and oxygen atoms in total. The van der Waals surface area contributed by atoms with Crippen LogP contribution in [0.25, 0.3) is 0 Å². The molecule has 2 aromatic rings. The van der Waals surface area contributed by atoms with Crippen LogP contribution in [0.2, 0.25) is 0 Å². The Morgan fingerprint density at radius 1 is 1.20 bits per heavy atom. The molecule has 1 aromatic carbocycles. The first-order valence-corrected chi connectivity index (χ1v) is 8.82. The topological polar surface area (TPSA) is 84.8 Å². The van der Waals surface area contributed by atoms with Crippen LogP contribution >= 0.6 is 11.8 Å². The van der Waals surface area contributed by atoms with Crippen molar-refractivity contribution in [3.05, 3.63) is 35.4 Å². The number of ether oxygens (including phenoxy) is 2. The molecule has 0 fully saturated rings. The molecular weight excluding hydrogens is 342 g/mol. The van der Waals surface area contributed by atoms with Crippen LogP contribution in [0.5, 0.6) is 11.6 Å². The number of methoxy groups -OCH3 is 2. The van der Waals surface area contributed by atoms with Gasteiger partial charge in [-0.3, -0.25) is 9.69 Å². The third-order valence-corrected chi connectivity index (χ3v) is 4.66. The summed E-state index contributed by atoms with van der Waals surface area (Å²) in [5, 5.41) is 11.2. The van der Waals surface area contributed by atoms with E-state index in [-0.39, 0.29) is 12.4 Å². The van der Waals surface area contributed by atoms with E-state index in [1.165, 1.54) is 30.7 Å². The first kappa shape index (κ1) is 17.5. The normalized spacial score (nSPS) is 19.1. The first-order valence-electron chi connectivity index (χ1n) is 7.60. The summed E-state index contributed by atoms with van der Waals surface area (Å²) < 4.78 is 10.4. The lowest BCUT2D eigenvalue weighted by Crippen LogP contribution is -2.37. The molecule has 1 aromatic heterocycles. The molecule has 1 atom stereocenters. The Kier molecular flexibility index (Phi) is 4.57. The lowest BCUT2D eigenvalue weighted by molar-refractivity contribution is -0.134. The van der Waals surface area contributed by atoms with Gasteiger partial charge in [-0.2, -0.15) is 4.98 Å². The number of hydrogen-bond acceptors (Lipinski definition) is 7. The Bertz CT molecular complexity index is 808. The van der Waals surface area contributed by atoms with E-state index >= 15 is 0 Å². The molecule has 1 unspecified atom stereocenters. The predicted octanol–water partition coefficient (Wildman–Crippen LogP) is 1.97. The molecule has 0 bridgehead atoms. The molecule has 1 amide bonds. The molecular formula is C17H19N3O4S. The van der Waals surface area contributed by atoms with Gasteiger partial charge < -0.3 is 14.6 Å². The van der Waals surface area contributed by atoms with E-state index in [1.807, 2.05) is 30.5 Å². The van der Waals surface area contributed by atoms with Crippen molar-refractivity contribution >= 4 is 23.5 Å². The number of benzene rings is 1. The second-order valence-electron chi connectivity index (χ2n) is 5.73. The highest BCUT2D eigenvalue weighted by molar-refractivity contribution is 7.98. The third kappa shape index (κ3) is 2.91. The highest BCUT2D eigenvalue weighted by atomic mass is 32.2. The predicted molar refractivity (Wildman–Crippen MR) is 94.1 cm³/mol. The van der Waals surface area contributed by atoms with Gasteiger partial charge >= 0.3 is 0 Å². The monoisotopic (exact) mass is 361 g/mol. The number of carbonyl (C=O) groups excluding carboxylic acids is 1. The maximum Gasteiger partial charge on any atom is 0.265 e. The minimum absolute atomic E-state index is 0.213. The van der Waals surface area contributed by atoms with Gasteiger partial charge in [0.25, 0.3) is 5.91 Å². The summed E-state index contributed by atoms with van der Waals surface area (Å²) in [5.41, 5.74) is -0.545. The van der Waals surface area contributed by atoms with Gasteiger partial charge in [0.1, 0.15) is 5.75 Å². The van der Waals surface area contributed by atoms with Crippen LogP contribution in [-0.4, -0.2) is 41.5 Å². The number of anilines is 1. The third-order valence-electron chi connectivity index (χ3n) is 4.12. The maximum absolute atomic E-state index is 12.8. The molecule has 2 heterocycles. The van der Waals surface area contributed by atoms with Crippen LogP contribution in [-0.2, 0) is 16.9 Å². The van der Waals surface area contributed by atoms with Crippen molar-refractivity contribution in [2.75, 3.05) is 25.4 Å². The Hall–Kier alpha value is -2.32. The second-order valence-corrected chi connectivity index (χ2v) is 6.50. The Morgan fingerprint density at radius 2 is 1.88 bits per heavy atom. The van der Waals surface area contributed by atoms with Crippen molar-refractivity contribution in [2.24, 2.45) is 0 Å². The Labute approximate surface area is 150 Å². The second kappa shape index (κ2) is 6.53. The highest BCUT2D eigenvalue weighted by Crippen LogP contribution is 2.44. The average molecular weight is 361 g/mol. The lowest BCUT2D eigenvalue weighted by atomic mass is 10.0. The van der Waals surface area contributed by atoms with Gasteiger partial charge in [0.2, 0.25) is 5.88 Å². The van der Waals surface area contributed by atoms with E-state index in [0.29, 0.717) is 16.5 Å². The van der Waals surface area contributed by atoms with E-state index in [1.54, 1.807) is 7.11 Å². The fourth-order valence-corrected chi connectivity index (χ4v) is 3.15. The summed E-state index contributed by atoms with van der Waals surface area (Å²) >= 11 is 1.34. The number of amides is 1. The SMILES string of the molecule is COc1ccc(CN2C(=O)C(C)(O)c3c(OC)nc(SC)nc32)cc1. The number of rotatable bonds is 5. The number of carbonyl (C=O) groups is 1. The van der Waals surface area contributed by atoms with E-state index in [0.717, 1.165) is 11.3 Å². The number of fused-ring (bicyclic) bond motifs is 1. The van der Waals surface area contributed by atoms with Gasteiger partial charge in [-0.1, -0.05) is 23.9 Å². The molecule has 0 radical (unpaired) electrons. The van der Waals surface area contributed by atoms with Gasteiger partial charge in [0.15, 0.2) is 16.6 Å². The minimum Gasteiger partial charge on any atom is -0.497 e. The van der Waals surface area contributed by atoms with Crippen LogP contribution in [0.1, 0.15) is 18.1 Å². The van der Waals surface area contributed by atoms with E-state index in [4.69, 9.17) is 9.47 Å². The summed E-state index contributed by atoms with van der Waals surface area (Å²) in [6.07, 6.45) is 1.84. The van der Waals surface area contributed by atoms with Crippen LogP contribution < -0.4 is 14.4 Å². The number of nitrogens with zero attached hydrogens (tertiary/aromatic N) is 3. The maximum atomic E-state index is 12.8. The standard InChI is InChI=1S/C17H19N3O4S/c1-17(22)12-13(18-16(25-4)19-14(12)24-3)20(15(17)21)9-10-5-7-11(23-2)8-6-10/h5-8,22H,9H2,1-4H3. The molecule has 132 valence electrons. The summed E-state index contributed by atoms with van der Waals surface area (Å²) in [6, 6.07) is 7.38. The van der Waals surface area contributed by atoms with E-state index in [2.05, 4.69) is 9.97 Å². The Balaban J connectivity index is 2.05. The fraction of sp³-hybridized carbons (Fsp3) is 0.353. The fourth-order valence-electron chi connectivity index (χ4n) is 2.80.